The van der Waals surface area contributed by atoms with Crippen LogP contribution in [0, 0.1) is 0 Å². The quantitative estimate of drug-likeness (QED) is 0.818. The first kappa shape index (κ1) is 16.3. The third-order valence-electron chi connectivity index (χ3n) is 2.58. The molecule has 0 heterocycles. The summed E-state index contributed by atoms with van der Waals surface area (Å²) in [5, 5.41) is 0. The van der Waals surface area contributed by atoms with Crippen molar-refractivity contribution in [2.24, 2.45) is 5.73 Å². The molecule has 20 heavy (non-hydrogen) atoms. The first-order valence-corrected chi connectivity index (χ1v) is 5.97. The van der Waals surface area contributed by atoms with Crippen LogP contribution in [0.3, 0.4) is 0 Å². The Balaban J connectivity index is 2.55. The first-order chi connectivity index (χ1) is 9.30. The third kappa shape index (κ3) is 6.42. The van der Waals surface area contributed by atoms with Crippen LogP contribution in [-0.4, -0.2) is 25.5 Å². The van der Waals surface area contributed by atoms with Gasteiger partial charge >= 0.3 is 12.3 Å². The Hall–Kier alpha value is -1.76. The number of nitrogens with two attached hydrogens (primary N) is 1. The highest BCUT2D eigenvalue weighted by molar-refractivity contribution is 5.69. The maximum Gasteiger partial charge on any atom is 0.573 e. The van der Waals surface area contributed by atoms with E-state index in [1.807, 2.05) is 0 Å². The van der Waals surface area contributed by atoms with Crippen molar-refractivity contribution in [2.45, 2.75) is 31.7 Å². The zero-order valence-corrected chi connectivity index (χ0v) is 10.9. The fourth-order valence-corrected chi connectivity index (χ4v) is 1.68. The molecule has 1 aromatic rings. The minimum absolute atomic E-state index is 0.177. The zero-order chi connectivity index (χ0) is 15.2. The highest BCUT2D eigenvalue weighted by atomic mass is 19.4. The fraction of sp³-hybridized carbons (Fsp3) is 0.462. The van der Waals surface area contributed by atoms with Crippen molar-refractivity contribution in [3.8, 4) is 5.75 Å². The lowest BCUT2D eigenvalue weighted by Gasteiger charge is -2.13. The van der Waals surface area contributed by atoms with Gasteiger partial charge < -0.3 is 15.2 Å². The molecule has 0 spiro atoms. The Morgan fingerprint density at radius 3 is 2.70 bits per heavy atom. The number of rotatable bonds is 6. The van der Waals surface area contributed by atoms with Crippen LogP contribution in [0.4, 0.5) is 13.2 Å². The van der Waals surface area contributed by atoms with Gasteiger partial charge in [-0.2, -0.15) is 0 Å². The number of alkyl halides is 3. The Kier molecular flexibility index (Phi) is 5.82. The van der Waals surface area contributed by atoms with Crippen LogP contribution in [0.2, 0.25) is 0 Å². The topological polar surface area (TPSA) is 61.5 Å². The number of hydrogen-bond acceptors (Lipinski definition) is 4. The van der Waals surface area contributed by atoms with Gasteiger partial charge in [0.25, 0.3) is 0 Å². The monoisotopic (exact) mass is 291 g/mol. The predicted molar refractivity (Wildman–Crippen MR) is 66.1 cm³/mol. The van der Waals surface area contributed by atoms with Gasteiger partial charge in [0.15, 0.2) is 0 Å². The van der Waals surface area contributed by atoms with Crippen molar-refractivity contribution < 1.29 is 27.4 Å². The second kappa shape index (κ2) is 7.14. The smallest absolute Gasteiger partial charge is 0.469 e. The molecular weight excluding hydrogens is 275 g/mol. The maximum atomic E-state index is 12.1. The predicted octanol–water partition coefficient (Wildman–Crippen LogP) is 2.41. The van der Waals surface area contributed by atoms with Crippen molar-refractivity contribution in [1.82, 2.24) is 0 Å². The lowest BCUT2D eigenvalue weighted by Crippen LogP contribution is -2.24. The van der Waals surface area contributed by atoms with E-state index < -0.39 is 6.36 Å². The van der Waals surface area contributed by atoms with Gasteiger partial charge in [0.05, 0.1) is 7.11 Å². The van der Waals surface area contributed by atoms with Gasteiger partial charge in [-0.05, 0) is 30.5 Å². The average Bonchev–Trinajstić information content (AvgIpc) is 2.34. The molecule has 0 amide bonds. The summed E-state index contributed by atoms with van der Waals surface area (Å²) in [5.74, 6) is -0.648. The summed E-state index contributed by atoms with van der Waals surface area (Å²) >= 11 is 0. The van der Waals surface area contributed by atoms with Gasteiger partial charge in [0, 0.05) is 12.5 Å². The highest BCUT2D eigenvalue weighted by Gasteiger charge is 2.31. The van der Waals surface area contributed by atoms with Gasteiger partial charge in [-0.3, -0.25) is 4.79 Å². The molecule has 1 aromatic carbocycles. The summed E-state index contributed by atoms with van der Waals surface area (Å²) in [5.41, 5.74) is 6.43. The molecule has 0 saturated carbocycles. The minimum Gasteiger partial charge on any atom is -0.469 e. The van der Waals surface area contributed by atoms with E-state index in [0.29, 0.717) is 18.4 Å². The van der Waals surface area contributed by atoms with E-state index in [2.05, 4.69) is 9.47 Å². The van der Waals surface area contributed by atoms with Crippen LogP contribution in [0.15, 0.2) is 24.3 Å². The maximum absolute atomic E-state index is 12.1. The lowest BCUT2D eigenvalue weighted by molar-refractivity contribution is -0.274. The Morgan fingerprint density at radius 1 is 1.40 bits per heavy atom. The molecule has 112 valence electrons. The molecule has 0 aliphatic rings. The van der Waals surface area contributed by atoms with E-state index in [4.69, 9.17) is 5.73 Å². The van der Waals surface area contributed by atoms with Crippen molar-refractivity contribution >= 4 is 5.97 Å². The number of halogens is 3. The van der Waals surface area contributed by atoms with Crippen LogP contribution < -0.4 is 10.5 Å². The molecule has 0 fully saturated rings. The molecule has 1 atom stereocenters. The van der Waals surface area contributed by atoms with Crippen molar-refractivity contribution in [2.75, 3.05) is 7.11 Å². The molecule has 4 nitrogen and oxygen atoms in total. The zero-order valence-electron chi connectivity index (χ0n) is 10.9. The van der Waals surface area contributed by atoms with E-state index >= 15 is 0 Å². The highest BCUT2D eigenvalue weighted by Crippen LogP contribution is 2.23. The molecule has 0 aliphatic carbocycles. The minimum atomic E-state index is -4.72. The Morgan fingerprint density at radius 2 is 2.10 bits per heavy atom. The van der Waals surface area contributed by atoms with Gasteiger partial charge in [0.2, 0.25) is 0 Å². The van der Waals surface area contributed by atoms with Crippen molar-refractivity contribution in [3.05, 3.63) is 29.8 Å². The molecule has 1 rings (SSSR count). The number of ether oxygens (including phenoxy) is 2. The Bertz CT molecular complexity index is 449. The molecule has 1 unspecified atom stereocenters. The fourth-order valence-electron chi connectivity index (χ4n) is 1.68. The van der Waals surface area contributed by atoms with Crippen LogP contribution >= 0.6 is 0 Å². The molecule has 0 radical (unpaired) electrons. The second-order valence-electron chi connectivity index (χ2n) is 4.27. The summed E-state index contributed by atoms with van der Waals surface area (Å²) in [6.07, 6.45) is -3.79. The van der Waals surface area contributed by atoms with Gasteiger partial charge in [-0.15, -0.1) is 13.2 Å². The van der Waals surface area contributed by atoms with E-state index in [-0.39, 0.29) is 24.2 Å². The van der Waals surface area contributed by atoms with Crippen molar-refractivity contribution in [3.63, 3.8) is 0 Å². The number of carbonyl (C=O) groups excluding carboxylic acids is 1. The lowest BCUT2D eigenvalue weighted by atomic mass is 10.0. The number of esters is 1. The average molecular weight is 291 g/mol. The molecule has 0 aliphatic heterocycles. The van der Waals surface area contributed by atoms with E-state index in [1.165, 1.54) is 25.3 Å². The largest absolute Gasteiger partial charge is 0.573 e. The number of carbonyl (C=O) groups is 1. The summed E-state index contributed by atoms with van der Waals surface area (Å²) in [4.78, 5) is 11.0. The van der Waals surface area contributed by atoms with E-state index in [9.17, 15) is 18.0 Å². The van der Waals surface area contributed by atoms with Gasteiger partial charge in [-0.1, -0.05) is 12.1 Å². The summed E-state index contributed by atoms with van der Waals surface area (Å²) in [6, 6.07) is 5.28. The van der Waals surface area contributed by atoms with Crippen LogP contribution in [0.5, 0.6) is 5.75 Å². The summed E-state index contributed by atoms with van der Waals surface area (Å²) in [7, 11) is 1.28. The summed E-state index contributed by atoms with van der Waals surface area (Å²) < 4.78 is 44.6. The van der Waals surface area contributed by atoms with Crippen LogP contribution in [0.1, 0.15) is 18.4 Å². The van der Waals surface area contributed by atoms with Crippen LogP contribution in [-0.2, 0) is 16.0 Å². The third-order valence-corrected chi connectivity index (χ3v) is 2.58. The van der Waals surface area contributed by atoms with Crippen LogP contribution in [0.25, 0.3) is 0 Å². The number of methoxy groups -OCH3 is 1. The molecule has 7 heteroatoms. The van der Waals surface area contributed by atoms with Gasteiger partial charge in [0.1, 0.15) is 5.75 Å². The normalized spacial score (nSPS) is 12.8. The molecular formula is C13H16F3NO3. The first-order valence-electron chi connectivity index (χ1n) is 5.97. The second-order valence-corrected chi connectivity index (χ2v) is 4.27. The molecule has 0 bridgehead atoms. The molecule has 0 aromatic heterocycles. The van der Waals surface area contributed by atoms with E-state index in [1.54, 1.807) is 6.07 Å². The number of benzene rings is 1. The van der Waals surface area contributed by atoms with Gasteiger partial charge in [-0.25, -0.2) is 0 Å². The molecule has 0 saturated heterocycles. The molecule has 2 N–H and O–H groups in total. The Labute approximate surface area is 114 Å². The number of hydrogen-bond donors (Lipinski definition) is 1. The SMILES string of the molecule is COC(=O)CCC(N)Cc1cccc(OC(F)(F)F)c1. The summed E-state index contributed by atoms with van der Waals surface area (Å²) in [6.45, 7) is 0. The van der Waals surface area contributed by atoms with E-state index in [0.717, 1.165) is 0 Å². The standard InChI is InChI=1S/C13H16F3NO3/c1-19-12(18)6-5-10(17)7-9-3-2-4-11(8-9)20-13(14,15)16/h2-4,8,10H,5-7,17H2,1H3. The van der Waals surface area contributed by atoms with Crippen molar-refractivity contribution in [1.29, 1.82) is 0 Å².